The van der Waals surface area contributed by atoms with Crippen molar-refractivity contribution in [1.29, 1.82) is 0 Å². The van der Waals surface area contributed by atoms with E-state index in [0.29, 0.717) is 12.8 Å². The number of carbonyl (C=O) groups is 2. The summed E-state index contributed by atoms with van der Waals surface area (Å²) in [5.74, 6) is -2.16. The minimum Gasteiger partial charge on any atom is -0.481 e. The number of benzene rings is 1. The van der Waals surface area contributed by atoms with E-state index < -0.39 is 24.4 Å². The summed E-state index contributed by atoms with van der Waals surface area (Å²) in [6.45, 7) is -2.59. The molecule has 0 aromatic heterocycles. The quantitative estimate of drug-likeness (QED) is 0.875. The fourth-order valence-corrected chi connectivity index (χ4v) is 2.50. The third-order valence-corrected chi connectivity index (χ3v) is 3.85. The van der Waals surface area contributed by atoms with Crippen LogP contribution in [0, 0.1) is 11.8 Å². The van der Waals surface area contributed by atoms with E-state index in [4.69, 9.17) is 5.11 Å². The molecular formula is C15H17F2NO4. The second-order valence-electron chi connectivity index (χ2n) is 5.35. The molecular weight excluding hydrogens is 296 g/mol. The van der Waals surface area contributed by atoms with Gasteiger partial charge >= 0.3 is 12.6 Å². The number of rotatable bonds is 6. The van der Waals surface area contributed by atoms with Crippen molar-refractivity contribution in [1.82, 2.24) is 4.90 Å². The molecule has 5 nitrogen and oxygen atoms in total. The van der Waals surface area contributed by atoms with Crippen LogP contribution in [0.25, 0.3) is 0 Å². The number of ether oxygens (including phenoxy) is 1. The van der Waals surface area contributed by atoms with E-state index in [1.165, 1.54) is 17.0 Å². The van der Waals surface area contributed by atoms with Gasteiger partial charge in [0.2, 0.25) is 5.91 Å². The Morgan fingerprint density at radius 2 is 1.86 bits per heavy atom. The Hall–Kier alpha value is -2.18. The van der Waals surface area contributed by atoms with E-state index in [2.05, 4.69) is 4.74 Å². The van der Waals surface area contributed by atoms with E-state index in [9.17, 15) is 18.4 Å². The highest BCUT2D eigenvalue weighted by molar-refractivity contribution is 5.86. The molecule has 1 aliphatic carbocycles. The lowest BCUT2D eigenvalue weighted by Crippen LogP contribution is -2.44. The molecule has 0 bridgehead atoms. The summed E-state index contributed by atoms with van der Waals surface area (Å²) in [5, 5.41) is 8.98. The number of carbonyl (C=O) groups excluding carboxylic acids is 1. The molecule has 0 saturated heterocycles. The zero-order valence-corrected chi connectivity index (χ0v) is 12.0. The van der Waals surface area contributed by atoms with Crippen molar-refractivity contribution in [2.45, 2.75) is 26.0 Å². The molecule has 0 radical (unpaired) electrons. The maximum atomic E-state index is 12.2. The number of hydrogen-bond donors (Lipinski definition) is 1. The highest BCUT2D eigenvalue weighted by Crippen LogP contribution is 2.35. The van der Waals surface area contributed by atoms with Gasteiger partial charge in [-0.2, -0.15) is 8.78 Å². The number of alkyl halides is 2. The Kier molecular flexibility index (Phi) is 4.95. The summed E-state index contributed by atoms with van der Waals surface area (Å²) in [5.41, 5.74) is 0.753. The van der Waals surface area contributed by atoms with Crippen LogP contribution in [-0.2, 0) is 16.1 Å². The molecule has 22 heavy (non-hydrogen) atoms. The van der Waals surface area contributed by atoms with E-state index >= 15 is 0 Å². The second kappa shape index (κ2) is 6.72. The van der Waals surface area contributed by atoms with Crippen LogP contribution < -0.4 is 4.74 Å². The second-order valence-corrected chi connectivity index (χ2v) is 5.35. The Bertz CT molecular complexity index is 547. The monoisotopic (exact) mass is 313 g/mol. The van der Waals surface area contributed by atoms with E-state index in [0.717, 1.165) is 5.56 Å². The normalized spacial score (nSPS) is 20.4. The number of nitrogens with zero attached hydrogens (tertiary/aromatic N) is 1. The summed E-state index contributed by atoms with van der Waals surface area (Å²) in [4.78, 5) is 24.6. The zero-order valence-electron chi connectivity index (χ0n) is 12.0. The Labute approximate surface area is 126 Å². The SMILES string of the molecule is CN(Cc1ccc(OC(F)F)cc1)C(=O)C1CCC1C(=O)O. The van der Waals surface area contributed by atoms with E-state index in [1.54, 1.807) is 19.2 Å². The molecule has 1 amide bonds. The van der Waals surface area contributed by atoms with Crippen LogP contribution in [0.3, 0.4) is 0 Å². The minimum atomic E-state index is -2.87. The predicted octanol–water partition coefficient (Wildman–Crippen LogP) is 2.36. The molecule has 1 saturated carbocycles. The average Bonchev–Trinajstić information content (AvgIpc) is 2.38. The van der Waals surface area contributed by atoms with Gasteiger partial charge in [-0.25, -0.2) is 0 Å². The van der Waals surface area contributed by atoms with Crippen LogP contribution in [0.1, 0.15) is 18.4 Å². The standard InChI is InChI=1S/C15H17F2NO4/c1-18(13(19)11-6-7-12(11)14(20)21)8-9-2-4-10(5-3-9)22-15(16)17/h2-5,11-12,15H,6-8H2,1H3,(H,20,21). The summed E-state index contributed by atoms with van der Waals surface area (Å²) in [6.07, 6.45) is 1.11. The highest BCUT2D eigenvalue weighted by atomic mass is 19.3. The molecule has 120 valence electrons. The zero-order chi connectivity index (χ0) is 16.3. The summed E-state index contributed by atoms with van der Waals surface area (Å²) < 4.78 is 28.3. The number of aliphatic carboxylic acids is 1. The van der Waals surface area contributed by atoms with Gasteiger partial charge < -0.3 is 14.7 Å². The van der Waals surface area contributed by atoms with Crippen molar-refractivity contribution < 1.29 is 28.2 Å². The smallest absolute Gasteiger partial charge is 0.387 e. The highest BCUT2D eigenvalue weighted by Gasteiger charge is 2.42. The van der Waals surface area contributed by atoms with Crippen LogP contribution in [-0.4, -0.2) is 35.5 Å². The third-order valence-electron chi connectivity index (χ3n) is 3.85. The van der Waals surface area contributed by atoms with Gasteiger partial charge in [-0.3, -0.25) is 9.59 Å². The molecule has 2 rings (SSSR count). The first kappa shape index (κ1) is 16.2. The average molecular weight is 313 g/mol. The molecule has 0 spiro atoms. The molecule has 7 heteroatoms. The van der Waals surface area contributed by atoms with Crippen LogP contribution in [0.2, 0.25) is 0 Å². The fraction of sp³-hybridized carbons (Fsp3) is 0.467. The van der Waals surface area contributed by atoms with Crippen molar-refractivity contribution in [3.63, 3.8) is 0 Å². The molecule has 0 aliphatic heterocycles. The van der Waals surface area contributed by atoms with E-state index in [-0.39, 0.29) is 18.2 Å². The Morgan fingerprint density at radius 3 is 2.32 bits per heavy atom. The molecule has 0 heterocycles. The molecule has 2 atom stereocenters. The molecule has 1 aromatic carbocycles. The maximum Gasteiger partial charge on any atom is 0.387 e. The van der Waals surface area contributed by atoms with Gasteiger partial charge in [-0.05, 0) is 30.5 Å². The lowest BCUT2D eigenvalue weighted by molar-refractivity contribution is -0.156. The number of hydrogen-bond acceptors (Lipinski definition) is 3. The summed E-state index contributed by atoms with van der Waals surface area (Å²) >= 11 is 0. The van der Waals surface area contributed by atoms with Crippen molar-refractivity contribution in [2.75, 3.05) is 7.05 Å². The van der Waals surface area contributed by atoms with Gasteiger partial charge in [0.25, 0.3) is 0 Å². The van der Waals surface area contributed by atoms with Gasteiger partial charge in [0, 0.05) is 13.6 Å². The van der Waals surface area contributed by atoms with Gasteiger partial charge in [0.15, 0.2) is 0 Å². The van der Waals surface area contributed by atoms with Crippen LogP contribution in [0.4, 0.5) is 8.78 Å². The van der Waals surface area contributed by atoms with Crippen LogP contribution in [0.5, 0.6) is 5.75 Å². The molecule has 1 N–H and O–H groups in total. The van der Waals surface area contributed by atoms with E-state index in [1.807, 2.05) is 0 Å². The number of halogens is 2. The number of amides is 1. The molecule has 1 fully saturated rings. The molecule has 2 unspecified atom stereocenters. The Balaban J connectivity index is 1.92. The summed E-state index contributed by atoms with van der Waals surface area (Å²) in [6, 6.07) is 6.00. The predicted molar refractivity (Wildman–Crippen MR) is 73.4 cm³/mol. The van der Waals surface area contributed by atoms with Crippen molar-refractivity contribution in [2.24, 2.45) is 11.8 Å². The van der Waals surface area contributed by atoms with Crippen LogP contribution >= 0.6 is 0 Å². The topological polar surface area (TPSA) is 66.8 Å². The Morgan fingerprint density at radius 1 is 1.27 bits per heavy atom. The largest absolute Gasteiger partial charge is 0.481 e. The van der Waals surface area contributed by atoms with Crippen molar-refractivity contribution in [3.8, 4) is 5.75 Å². The first-order valence-electron chi connectivity index (χ1n) is 6.90. The first-order chi connectivity index (χ1) is 10.4. The van der Waals surface area contributed by atoms with Crippen molar-refractivity contribution >= 4 is 11.9 Å². The number of carboxylic acid groups (broad SMARTS) is 1. The van der Waals surface area contributed by atoms with Gasteiger partial charge in [0.1, 0.15) is 5.75 Å². The lowest BCUT2D eigenvalue weighted by Gasteiger charge is -2.35. The minimum absolute atomic E-state index is 0.0534. The summed E-state index contributed by atoms with van der Waals surface area (Å²) in [7, 11) is 1.60. The van der Waals surface area contributed by atoms with Crippen LogP contribution in [0.15, 0.2) is 24.3 Å². The molecule has 1 aromatic rings. The van der Waals surface area contributed by atoms with Gasteiger partial charge in [-0.1, -0.05) is 12.1 Å². The third kappa shape index (κ3) is 3.72. The van der Waals surface area contributed by atoms with Gasteiger partial charge in [-0.15, -0.1) is 0 Å². The van der Waals surface area contributed by atoms with Crippen molar-refractivity contribution in [3.05, 3.63) is 29.8 Å². The number of carboxylic acids is 1. The lowest BCUT2D eigenvalue weighted by atomic mass is 9.73. The fourth-order valence-electron chi connectivity index (χ4n) is 2.50. The maximum absolute atomic E-state index is 12.2. The van der Waals surface area contributed by atoms with Gasteiger partial charge in [0.05, 0.1) is 11.8 Å². The first-order valence-corrected chi connectivity index (χ1v) is 6.90. The molecule has 1 aliphatic rings.